The van der Waals surface area contributed by atoms with Crippen LogP contribution in [0.25, 0.3) is 0 Å². The zero-order valence-corrected chi connectivity index (χ0v) is 18.8. The summed E-state index contributed by atoms with van der Waals surface area (Å²) in [6.45, 7) is 9.81. The molecule has 1 heteroatoms. The van der Waals surface area contributed by atoms with E-state index >= 15 is 0 Å². The summed E-state index contributed by atoms with van der Waals surface area (Å²) < 4.78 is 0. The average Bonchev–Trinajstić information content (AvgIpc) is 3.04. The summed E-state index contributed by atoms with van der Waals surface area (Å²) in [6.07, 6.45) is 22.3. The van der Waals surface area contributed by atoms with Crippen LogP contribution >= 0.6 is 0 Å². The van der Waals surface area contributed by atoms with Crippen LogP contribution in [0.2, 0.25) is 0 Å². The Morgan fingerprint density at radius 2 is 1.93 bits per heavy atom. The second kappa shape index (κ2) is 7.77. The molecule has 0 amide bonds. The third-order valence-electron chi connectivity index (χ3n) is 9.88. The molecule has 0 aromatic heterocycles. The largest absolute Gasteiger partial charge is 0.303 e. The molecule has 2 saturated carbocycles. The van der Waals surface area contributed by atoms with Gasteiger partial charge in [0.2, 0.25) is 0 Å². The van der Waals surface area contributed by atoms with Crippen molar-refractivity contribution >= 4 is 6.29 Å². The van der Waals surface area contributed by atoms with Gasteiger partial charge in [-0.15, -0.1) is 0 Å². The van der Waals surface area contributed by atoms with E-state index in [1.807, 2.05) is 0 Å². The highest BCUT2D eigenvalue weighted by molar-refractivity contribution is 5.52. The maximum atomic E-state index is 10.9. The highest BCUT2D eigenvalue weighted by Crippen LogP contribution is 2.66. The molecule has 0 N–H and O–H groups in total. The molecule has 8 atom stereocenters. The first-order valence-electron chi connectivity index (χ1n) is 12.2. The highest BCUT2D eigenvalue weighted by Gasteiger charge is 2.58. The molecule has 4 aliphatic rings. The minimum absolute atomic E-state index is 0.236. The predicted molar refractivity (Wildman–Crippen MR) is 118 cm³/mol. The zero-order valence-electron chi connectivity index (χ0n) is 18.8. The summed E-state index contributed by atoms with van der Waals surface area (Å²) in [4.78, 5) is 10.9. The molecule has 0 spiro atoms. The van der Waals surface area contributed by atoms with Gasteiger partial charge >= 0.3 is 0 Å². The molecule has 28 heavy (non-hydrogen) atoms. The lowest BCUT2D eigenvalue weighted by molar-refractivity contribution is -0.110. The van der Waals surface area contributed by atoms with Gasteiger partial charge in [0.15, 0.2) is 0 Å². The van der Waals surface area contributed by atoms with Crippen LogP contribution in [-0.4, -0.2) is 6.29 Å². The maximum absolute atomic E-state index is 10.9. The van der Waals surface area contributed by atoms with Crippen molar-refractivity contribution in [3.05, 3.63) is 23.8 Å². The maximum Gasteiger partial charge on any atom is 0.122 e. The molecule has 0 aromatic rings. The van der Waals surface area contributed by atoms with Crippen LogP contribution in [0, 0.1) is 46.3 Å². The van der Waals surface area contributed by atoms with Crippen molar-refractivity contribution in [1.29, 1.82) is 0 Å². The van der Waals surface area contributed by atoms with E-state index in [0.717, 1.165) is 42.3 Å². The zero-order chi connectivity index (χ0) is 19.9. The summed E-state index contributed by atoms with van der Waals surface area (Å²) in [5.74, 6) is 4.51. The molecule has 0 aromatic carbocycles. The Kier molecular flexibility index (Phi) is 5.66. The minimum Gasteiger partial charge on any atom is -0.303 e. The third kappa shape index (κ3) is 3.25. The van der Waals surface area contributed by atoms with Gasteiger partial charge < -0.3 is 4.79 Å². The van der Waals surface area contributed by atoms with Crippen molar-refractivity contribution in [1.82, 2.24) is 0 Å². The normalized spacial score (nSPS) is 44.1. The SMILES string of the molecule is CC(C=O)CCC[C@@H](C)[C@H]1CC[C@H]2[C@@H]3C=CC4=CCCC[C@]4(C)[C@H]3CC[C@]12C. The van der Waals surface area contributed by atoms with E-state index in [9.17, 15) is 4.79 Å². The molecule has 1 unspecified atom stereocenters. The number of hydrogen-bond donors (Lipinski definition) is 0. The van der Waals surface area contributed by atoms with Gasteiger partial charge in [-0.25, -0.2) is 0 Å². The topological polar surface area (TPSA) is 17.1 Å². The van der Waals surface area contributed by atoms with Gasteiger partial charge in [0.05, 0.1) is 0 Å². The number of rotatable bonds is 6. The lowest BCUT2D eigenvalue weighted by Crippen LogP contribution is -2.49. The average molecular weight is 383 g/mol. The second-order valence-corrected chi connectivity index (χ2v) is 11.4. The Bertz CT molecular complexity index is 645. The molecule has 156 valence electrons. The van der Waals surface area contributed by atoms with Crippen LogP contribution in [0.15, 0.2) is 23.8 Å². The smallest absolute Gasteiger partial charge is 0.122 e. The molecule has 0 radical (unpaired) electrons. The summed E-state index contributed by atoms with van der Waals surface area (Å²) in [5, 5.41) is 0. The van der Waals surface area contributed by atoms with Gasteiger partial charge in [0.25, 0.3) is 0 Å². The predicted octanol–water partition coefficient (Wildman–Crippen LogP) is 7.37. The Morgan fingerprint density at radius 3 is 2.71 bits per heavy atom. The molecule has 0 bridgehead atoms. The fourth-order valence-corrected chi connectivity index (χ4v) is 8.19. The molecule has 2 fully saturated rings. The monoisotopic (exact) mass is 382 g/mol. The third-order valence-corrected chi connectivity index (χ3v) is 9.88. The van der Waals surface area contributed by atoms with E-state index in [1.54, 1.807) is 5.57 Å². The van der Waals surface area contributed by atoms with Crippen molar-refractivity contribution < 1.29 is 4.79 Å². The van der Waals surface area contributed by atoms with E-state index in [2.05, 4.69) is 45.9 Å². The number of carbonyl (C=O) groups excluding carboxylic acids is 1. The molecule has 1 nitrogen and oxygen atoms in total. The van der Waals surface area contributed by atoms with Crippen molar-refractivity contribution in [2.24, 2.45) is 46.3 Å². The Balaban J connectivity index is 1.48. The van der Waals surface area contributed by atoms with E-state index in [4.69, 9.17) is 0 Å². The van der Waals surface area contributed by atoms with Crippen LogP contribution in [0.3, 0.4) is 0 Å². The number of aldehydes is 1. The fraction of sp³-hybridized carbons (Fsp3) is 0.815. The lowest BCUT2D eigenvalue weighted by atomic mass is 9.48. The van der Waals surface area contributed by atoms with Gasteiger partial charge in [-0.1, -0.05) is 58.8 Å². The second-order valence-electron chi connectivity index (χ2n) is 11.4. The van der Waals surface area contributed by atoms with Crippen LogP contribution in [0.4, 0.5) is 0 Å². The van der Waals surface area contributed by atoms with Crippen LogP contribution in [-0.2, 0) is 4.79 Å². The highest BCUT2D eigenvalue weighted by atomic mass is 16.1. The van der Waals surface area contributed by atoms with Crippen molar-refractivity contribution in [3.63, 3.8) is 0 Å². The Hall–Kier alpha value is -0.850. The molecule has 4 rings (SSSR count). The van der Waals surface area contributed by atoms with Gasteiger partial charge in [0, 0.05) is 5.92 Å². The minimum atomic E-state index is 0.236. The van der Waals surface area contributed by atoms with Crippen molar-refractivity contribution in [2.45, 2.75) is 91.9 Å². The van der Waals surface area contributed by atoms with E-state index in [0.29, 0.717) is 10.8 Å². The van der Waals surface area contributed by atoms with Crippen molar-refractivity contribution in [3.8, 4) is 0 Å². The van der Waals surface area contributed by atoms with Crippen molar-refractivity contribution in [2.75, 3.05) is 0 Å². The molecule has 4 aliphatic carbocycles. The van der Waals surface area contributed by atoms with E-state index < -0.39 is 0 Å². The lowest BCUT2D eigenvalue weighted by Gasteiger charge is -2.56. The first-order chi connectivity index (χ1) is 13.4. The number of fused-ring (bicyclic) bond motifs is 5. The van der Waals surface area contributed by atoms with Crippen LogP contribution in [0.5, 0.6) is 0 Å². The summed E-state index contributed by atoms with van der Waals surface area (Å²) in [6, 6.07) is 0. The van der Waals surface area contributed by atoms with Crippen LogP contribution < -0.4 is 0 Å². The summed E-state index contributed by atoms with van der Waals surface area (Å²) in [5.41, 5.74) is 2.65. The molecular weight excluding hydrogens is 340 g/mol. The van der Waals surface area contributed by atoms with Crippen LogP contribution in [0.1, 0.15) is 91.9 Å². The standard InChI is InChI=1S/C27H42O/c1-19(18-28)8-7-9-20(2)23-13-14-24-22-12-11-21-10-5-6-16-26(21,3)25(22)15-17-27(23,24)4/h10-12,18-20,22-25H,5-9,13-17H2,1-4H3/t19?,20-,22+,23-,24+,25+,26+,27-/m1/s1. The molecule has 0 heterocycles. The molecular formula is C27H42O. The first kappa shape index (κ1) is 20.4. The fourth-order valence-electron chi connectivity index (χ4n) is 8.19. The number of carbonyl (C=O) groups is 1. The van der Waals surface area contributed by atoms with Gasteiger partial charge in [0.1, 0.15) is 6.29 Å². The van der Waals surface area contributed by atoms with E-state index in [-0.39, 0.29) is 5.92 Å². The Labute approximate surface area is 173 Å². The first-order valence-corrected chi connectivity index (χ1v) is 12.2. The van der Waals surface area contributed by atoms with Gasteiger partial charge in [-0.2, -0.15) is 0 Å². The van der Waals surface area contributed by atoms with E-state index in [1.165, 1.54) is 57.8 Å². The number of hydrogen-bond acceptors (Lipinski definition) is 1. The van der Waals surface area contributed by atoms with Gasteiger partial charge in [-0.3, -0.25) is 0 Å². The Morgan fingerprint density at radius 1 is 1.11 bits per heavy atom. The van der Waals surface area contributed by atoms with Gasteiger partial charge in [-0.05, 0) is 97.4 Å². The molecule has 0 saturated heterocycles. The quantitative estimate of drug-likeness (QED) is 0.438. The molecule has 0 aliphatic heterocycles. The number of allylic oxidation sites excluding steroid dienone is 4. The summed E-state index contributed by atoms with van der Waals surface area (Å²) >= 11 is 0. The summed E-state index contributed by atoms with van der Waals surface area (Å²) in [7, 11) is 0.